The van der Waals surface area contributed by atoms with Crippen LogP contribution in [-0.4, -0.2) is 14.3 Å². The Hall–Kier alpha value is 0.951. The largest absolute Gasteiger partial charge is 3.00 e. The van der Waals surface area contributed by atoms with Gasteiger partial charge in [-0.25, -0.2) is 0 Å². The smallest absolute Gasteiger partial charge is 1.00 e. The molecule has 0 fully saturated rings. The first kappa shape index (κ1) is 29.0. The van der Waals surface area contributed by atoms with Gasteiger partial charge in [0.25, 0.3) is 0 Å². The molecule has 0 bridgehead atoms. The van der Waals surface area contributed by atoms with Crippen LogP contribution in [0.4, 0.5) is 0 Å². The van der Waals surface area contributed by atoms with Crippen LogP contribution in [0.2, 0.25) is 13.1 Å². The Labute approximate surface area is 155 Å². The molecule has 5 heteroatoms. The second-order valence-corrected chi connectivity index (χ2v) is 9.45. The van der Waals surface area contributed by atoms with Crippen molar-refractivity contribution in [3.05, 3.63) is 27.6 Å². The summed E-state index contributed by atoms with van der Waals surface area (Å²) in [6, 6.07) is 0. The van der Waals surface area contributed by atoms with Crippen molar-refractivity contribution < 1.29 is 46.5 Å². The predicted octanol–water partition coefficient (Wildman–Crippen LogP) is -0.842. The maximum atomic E-state index is 6.94. The molecule has 0 aromatic carbocycles. The van der Waals surface area contributed by atoms with Crippen LogP contribution in [0, 0.1) is 5.92 Å². The van der Waals surface area contributed by atoms with Gasteiger partial charge >= 0.3 is 21.7 Å². The zero-order valence-electron chi connectivity index (χ0n) is 14.4. The summed E-state index contributed by atoms with van der Waals surface area (Å²) in [5.41, 5.74) is 11.4. The minimum absolute atomic E-state index is 0. The van der Waals surface area contributed by atoms with Crippen molar-refractivity contribution in [2.24, 2.45) is 5.92 Å². The topological polar surface area (TPSA) is 23.8 Å². The average Bonchev–Trinajstić information content (AvgIpc) is 2.28. The summed E-state index contributed by atoms with van der Waals surface area (Å²) in [5, 5.41) is 1.78. The fraction of sp³-hybridized carbons (Fsp3) is 0.733. The van der Waals surface area contributed by atoms with Gasteiger partial charge in [0.15, 0.2) is 0 Å². The van der Waals surface area contributed by atoms with Crippen molar-refractivity contribution in [3.63, 3.8) is 0 Å². The number of halogens is 2. The van der Waals surface area contributed by atoms with Crippen LogP contribution in [0.1, 0.15) is 48.5 Å². The molecule has 20 heavy (non-hydrogen) atoms. The Morgan fingerprint density at radius 2 is 1.25 bits per heavy atom. The zero-order chi connectivity index (χ0) is 14.0. The van der Waals surface area contributed by atoms with Crippen molar-refractivity contribution >= 4 is 8.80 Å². The number of nitrogens with one attached hydrogen (secondary N) is 1. The minimum Gasteiger partial charge on any atom is -1.00 e. The average molecular weight is 371 g/mol. The molecule has 1 atom stereocenters. The molecule has 0 aromatic rings. The van der Waals surface area contributed by atoms with Crippen LogP contribution in [0.3, 0.4) is 0 Å². The monoisotopic (exact) mass is 370 g/mol. The molecule has 1 N–H and O–H groups in total. The van der Waals surface area contributed by atoms with Gasteiger partial charge in [-0.05, 0) is 32.3 Å². The summed E-state index contributed by atoms with van der Waals surface area (Å²) < 4.78 is 0. The minimum atomic E-state index is -0.578. The number of hydrogen-bond donors (Lipinski definition) is 0. The van der Waals surface area contributed by atoms with Gasteiger partial charge in [-0.1, -0.05) is 57.1 Å². The van der Waals surface area contributed by atoms with E-state index in [4.69, 9.17) is 5.73 Å². The van der Waals surface area contributed by atoms with Crippen molar-refractivity contribution in [2.75, 3.05) is 0 Å². The van der Waals surface area contributed by atoms with E-state index in [9.17, 15) is 0 Å². The van der Waals surface area contributed by atoms with E-state index in [-0.39, 0.29) is 52.1 Å². The van der Waals surface area contributed by atoms with E-state index in [2.05, 4.69) is 40.8 Å². The van der Waals surface area contributed by atoms with E-state index in [0.29, 0.717) is 0 Å². The Morgan fingerprint density at radius 1 is 0.950 bits per heavy atom. The summed E-state index contributed by atoms with van der Waals surface area (Å²) in [4.78, 5) is 0. The van der Waals surface area contributed by atoms with E-state index < -0.39 is 8.80 Å². The van der Waals surface area contributed by atoms with Gasteiger partial charge in [-0.3, -0.25) is 0 Å². The second-order valence-electron chi connectivity index (χ2n) is 6.51. The predicted molar refractivity (Wildman–Crippen MR) is 83.2 cm³/mol. The summed E-state index contributed by atoms with van der Waals surface area (Å²) in [6.07, 6.45) is 0. The molecule has 0 aromatic heterocycles. The van der Waals surface area contributed by atoms with Gasteiger partial charge in [0, 0.05) is 0 Å². The zero-order valence-corrected chi connectivity index (χ0v) is 18.6. The third-order valence-corrected chi connectivity index (χ3v) is 5.50. The molecule has 1 aliphatic carbocycles. The summed E-state index contributed by atoms with van der Waals surface area (Å²) in [7, 11) is -0.578. The molecule has 0 heterocycles. The first-order chi connectivity index (χ1) is 7.46. The molecular formula is C15H30Cl2NSiTi. The molecule has 0 amide bonds. The first-order valence-corrected chi connectivity index (χ1v) is 9.48. The van der Waals surface area contributed by atoms with Gasteiger partial charge in [0.05, 0.1) is 8.80 Å². The number of allylic oxidation sites excluding steroid dienone is 4. The van der Waals surface area contributed by atoms with Crippen LogP contribution in [0.25, 0.3) is 5.73 Å². The van der Waals surface area contributed by atoms with Crippen molar-refractivity contribution in [1.29, 1.82) is 0 Å². The maximum absolute atomic E-state index is 6.94. The third-order valence-electron chi connectivity index (χ3n) is 3.33. The molecular weight excluding hydrogens is 341 g/mol. The van der Waals surface area contributed by atoms with Crippen molar-refractivity contribution in [3.8, 4) is 0 Å². The molecule has 0 spiro atoms. The molecule has 1 rings (SSSR count). The summed E-state index contributed by atoms with van der Waals surface area (Å²) >= 11 is 0. The van der Waals surface area contributed by atoms with Crippen molar-refractivity contribution in [2.45, 2.75) is 67.1 Å². The SMILES string of the molecule is CC(C)(C)[NH-].CC1=C(C)C(C)C([SiH](C)C)=C1C.[Cl-].[Cl-].[Ti+3]. The Bertz CT molecular complexity index is 338. The molecule has 0 aliphatic heterocycles. The Morgan fingerprint density at radius 3 is 1.35 bits per heavy atom. The van der Waals surface area contributed by atoms with E-state index >= 15 is 0 Å². The summed E-state index contributed by atoms with van der Waals surface area (Å²) in [6.45, 7) is 19.6. The van der Waals surface area contributed by atoms with Crippen LogP contribution in [-0.2, 0) is 21.7 Å². The fourth-order valence-corrected chi connectivity index (χ4v) is 4.66. The summed E-state index contributed by atoms with van der Waals surface area (Å²) in [5.74, 6) is 0.747. The molecule has 1 aliphatic rings. The fourth-order valence-electron chi connectivity index (χ4n) is 2.33. The van der Waals surface area contributed by atoms with Crippen molar-refractivity contribution in [1.82, 2.24) is 0 Å². The van der Waals surface area contributed by atoms with E-state index in [1.165, 1.54) is 0 Å². The quantitative estimate of drug-likeness (QED) is 0.537. The van der Waals surface area contributed by atoms with Crippen LogP contribution >= 0.6 is 0 Å². The molecule has 117 valence electrons. The first-order valence-electron chi connectivity index (χ1n) is 6.60. The standard InChI is InChI=1S/C11H20Si.C4H10N.2ClH.Ti/c1-7-8(2)10(4)11(9(7)3)12(5)6;1-4(2,3)5;;;/h9,12H,1-6H3;5H,1-3H3;2*1H;/q;-1;;;+3/p-2. The van der Waals surface area contributed by atoms with E-state index in [1.807, 2.05) is 20.8 Å². The molecule has 0 saturated heterocycles. The van der Waals surface area contributed by atoms with Crippen LogP contribution < -0.4 is 24.8 Å². The third kappa shape index (κ3) is 9.81. The van der Waals surface area contributed by atoms with Crippen LogP contribution in [0.15, 0.2) is 21.9 Å². The Kier molecular flexibility index (Phi) is 16.7. The molecule has 1 unspecified atom stereocenters. The van der Waals surface area contributed by atoms with Crippen LogP contribution in [0.5, 0.6) is 0 Å². The molecule has 0 saturated carbocycles. The normalized spacial score (nSPS) is 17.9. The molecule has 1 nitrogen and oxygen atoms in total. The Balaban J connectivity index is -0.000000141. The maximum Gasteiger partial charge on any atom is 3.00 e. The number of rotatable bonds is 1. The van der Waals surface area contributed by atoms with E-state index in [0.717, 1.165) is 5.92 Å². The molecule has 1 radical (unpaired) electrons. The van der Waals surface area contributed by atoms with Gasteiger partial charge in [-0.2, -0.15) is 0 Å². The van der Waals surface area contributed by atoms with Gasteiger partial charge in [0.1, 0.15) is 0 Å². The number of hydrogen-bond acceptors (Lipinski definition) is 0. The van der Waals surface area contributed by atoms with Gasteiger partial charge in [-0.15, -0.1) is 5.54 Å². The second kappa shape index (κ2) is 11.5. The van der Waals surface area contributed by atoms with Gasteiger partial charge in [0.2, 0.25) is 0 Å². The van der Waals surface area contributed by atoms with E-state index in [1.54, 1.807) is 21.9 Å². The van der Waals surface area contributed by atoms with Gasteiger partial charge < -0.3 is 30.5 Å².